The van der Waals surface area contributed by atoms with E-state index >= 15 is 0 Å². The van der Waals surface area contributed by atoms with Crippen LogP contribution in [0.3, 0.4) is 0 Å². The van der Waals surface area contributed by atoms with Crippen LogP contribution in [0.4, 0.5) is 0 Å². The van der Waals surface area contributed by atoms with Gasteiger partial charge in [-0.05, 0) is 28.0 Å². The molecular weight excluding hydrogens is 412 g/mol. The normalized spacial score (nSPS) is 11.5. The fraction of sp³-hybridized carbons (Fsp3) is 0. The van der Waals surface area contributed by atoms with Crippen LogP contribution in [0.5, 0.6) is 0 Å². The first kappa shape index (κ1) is 19.0. The number of aromatic amines is 2. The molecule has 0 spiro atoms. The number of H-pyrrole nitrogens is 2. The number of benzene rings is 5. The molecule has 0 amide bonds. The summed E-state index contributed by atoms with van der Waals surface area (Å²) in [6.07, 6.45) is 2.16. The van der Waals surface area contributed by atoms with E-state index in [1.807, 2.05) is 0 Å². The minimum absolute atomic E-state index is 1.13. The highest BCUT2D eigenvalue weighted by Gasteiger charge is 2.20. The van der Waals surface area contributed by atoms with E-state index in [1.54, 1.807) is 0 Å². The number of aromatic nitrogens is 2. The Kier molecular flexibility index (Phi) is 4.18. The van der Waals surface area contributed by atoms with Gasteiger partial charge in [0.1, 0.15) is 0 Å². The highest BCUT2D eigenvalue weighted by Crippen LogP contribution is 2.44. The van der Waals surface area contributed by atoms with E-state index in [0.29, 0.717) is 0 Å². The van der Waals surface area contributed by atoms with Gasteiger partial charge in [0.2, 0.25) is 0 Å². The van der Waals surface area contributed by atoms with Crippen molar-refractivity contribution in [2.75, 3.05) is 0 Å². The van der Waals surface area contributed by atoms with E-state index < -0.39 is 0 Å². The molecule has 0 aliphatic rings. The minimum Gasteiger partial charge on any atom is -0.360 e. The Morgan fingerprint density at radius 1 is 0.471 bits per heavy atom. The van der Waals surface area contributed by atoms with Gasteiger partial charge in [0.25, 0.3) is 0 Å². The molecule has 2 nitrogen and oxygen atoms in total. The number of nitrogens with one attached hydrogen (secondary N) is 2. The predicted molar refractivity (Wildman–Crippen MR) is 144 cm³/mol. The number of hydrogen-bond acceptors (Lipinski definition) is 0. The molecule has 5 aromatic carbocycles. The second-order valence-electron chi connectivity index (χ2n) is 8.74. The number of para-hydroxylation sites is 2. The third kappa shape index (κ3) is 2.82. The van der Waals surface area contributed by atoms with Gasteiger partial charge < -0.3 is 9.97 Å². The van der Waals surface area contributed by atoms with Gasteiger partial charge in [0.15, 0.2) is 0 Å². The minimum atomic E-state index is 1.13. The van der Waals surface area contributed by atoms with Crippen molar-refractivity contribution in [1.29, 1.82) is 0 Å². The number of rotatable bonds is 3. The zero-order chi connectivity index (χ0) is 22.5. The largest absolute Gasteiger partial charge is 0.360 e. The summed E-state index contributed by atoms with van der Waals surface area (Å²) in [4.78, 5) is 7.36. The Hall–Kier alpha value is -4.56. The molecule has 0 atom stereocenters. The van der Waals surface area contributed by atoms with Crippen LogP contribution in [0.2, 0.25) is 0 Å². The van der Waals surface area contributed by atoms with Crippen LogP contribution >= 0.6 is 0 Å². The monoisotopic (exact) mass is 434 g/mol. The van der Waals surface area contributed by atoms with Crippen LogP contribution in [-0.4, -0.2) is 9.97 Å². The van der Waals surface area contributed by atoms with Crippen LogP contribution in [-0.2, 0) is 0 Å². The lowest BCUT2D eigenvalue weighted by Gasteiger charge is -2.12. The summed E-state index contributed by atoms with van der Waals surface area (Å²) in [6.45, 7) is 0. The predicted octanol–water partition coefficient (Wildman–Crippen LogP) is 8.80. The molecule has 160 valence electrons. The molecule has 0 radical (unpaired) electrons. The van der Waals surface area contributed by atoms with Crippen LogP contribution in [0, 0.1) is 0 Å². The first-order valence-electron chi connectivity index (χ1n) is 11.6. The third-order valence-electron chi connectivity index (χ3n) is 6.83. The SMILES string of the molecule is c1ccc(-c2c[nH]c(-c3cccc4c3[nH]c3ccccc34)c2-c2cccc3ccccc23)cc1. The fourth-order valence-electron chi connectivity index (χ4n) is 5.29. The highest BCUT2D eigenvalue weighted by atomic mass is 14.7. The quantitative estimate of drug-likeness (QED) is 0.278. The summed E-state index contributed by atoms with van der Waals surface area (Å²) < 4.78 is 0. The van der Waals surface area contributed by atoms with Crippen molar-refractivity contribution in [2.24, 2.45) is 0 Å². The number of hydrogen-bond donors (Lipinski definition) is 2. The summed E-state index contributed by atoms with van der Waals surface area (Å²) >= 11 is 0. The Labute approximate surface area is 197 Å². The smallest absolute Gasteiger partial charge is 0.0561 e. The van der Waals surface area contributed by atoms with Gasteiger partial charge in [-0.15, -0.1) is 0 Å². The Balaban J connectivity index is 1.59. The summed E-state index contributed by atoms with van der Waals surface area (Å²) in [6, 6.07) is 41.0. The van der Waals surface area contributed by atoms with E-state index in [-0.39, 0.29) is 0 Å². The van der Waals surface area contributed by atoms with Crippen molar-refractivity contribution in [2.45, 2.75) is 0 Å². The van der Waals surface area contributed by atoms with Crippen molar-refractivity contribution in [3.05, 3.63) is 121 Å². The Morgan fingerprint density at radius 2 is 1.15 bits per heavy atom. The maximum Gasteiger partial charge on any atom is 0.0561 e. The van der Waals surface area contributed by atoms with Crippen molar-refractivity contribution >= 4 is 32.6 Å². The summed E-state index contributed by atoms with van der Waals surface area (Å²) in [5.41, 5.74) is 9.51. The molecule has 34 heavy (non-hydrogen) atoms. The van der Waals surface area contributed by atoms with Crippen molar-refractivity contribution in [1.82, 2.24) is 9.97 Å². The summed E-state index contributed by atoms with van der Waals surface area (Å²) in [7, 11) is 0. The first-order chi connectivity index (χ1) is 16.9. The molecule has 0 aliphatic carbocycles. The summed E-state index contributed by atoms with van der Waals surface area (Å²) in [5.74, 6) is 0. The van der Waals surface area contributed by atoms with Gasteiger partial charge in [0.05, 0.1) is 11.2 Å². The van der Waals surface area contributed by atoms with Gasteiger partial charge in [-0.2, -0.15) is 0 Å². The van der Waals surface area contributed by atoms with Crippen molar-refractivity contribution < 1.29 is 0 Å². The van der Waals surface area contributed by atoms with Crippen LogP contribution < -0.4 is 0 Å². The van der Waals surface area contributed by atoms with E-state index in [0.717, 1.165) is 16.7 Å². The molecule has 2 heterocycles. The van der Waals surface area contributed by atoms with Crippen molar-refractivity contribution in [3.8, 4) is 33.5 Å². The number of fused-ring (bicyclic) bond motifs is 4. The van der Waals surface area contributed by atoms with E-state index in [9.17, 15) is 0 Å². The molecule has 7 aromatic rings. The van der Waals surface area contributed by atoms with E-state index in [1.165, 1.54) is 49.4 Å². The molecule has 0 bridgehead atoms. The zero-order valence-corrected chi connectivity index (χ0v) is 18.5. The lowest BCUT2D eigenvalue weighted by Crippen LogP contribution is -1.88. The molecule has 2 N–H and O–H groups in total. The Bertz CT molecular complexity index is 1800. The van der Waals surface area contributed by atoms with Crippen LogP contribution in [0.25, 0.3) is 66.1 Å². The zero-order valence-electron chi connectivity index (χ0n) is 18.5. The maximum atomic E-state index is 3.69. The lowest BCUT2D eigenvalue weighted by atomic mass is 9.90. The maximum absolute atomic E-state index is 3.69. The average molecular weight is 435 g/mol. The third-order valence-corrected chi connectivity index (χ3v) is 6.83. The van der Waals surface area contributed by atoms with Gasteiger partial charge >= 0.3 is 0 Å². The molecule has 0 unspecified atom stereocenters. The molecule has 7 rings (SSSR count). The average Bonchev–Trinajstić information content (AvgIpc) is 3.51. The van der Waals surface area contributed by atoms with Crippen molar-refractivity contribution in [3.63, 3.8) is 0 Å². The van der Waals surface area contributed by atoms with Gasteiger partial charge in [-0.25, -0.2) is 0 Å². The lowest BCUT2D eigenvalue weighted by molar-refractivity contribution is 1.40. The summed E-state index contributed by atoms with van der Waals surface area (Å²) in [5, 5.41) is 5.00. The van der Waals surface area contributed by atoms with Gasteiger partial charge in [-0.1, -0.05) is 109 Å². The molecular formula is C32H22N2. The van der Waals surface area contributed by atoms with Gasteiger partial charge in [-0.3, -0.25) is 0 Å². The van der Waals surface area contributed by atoms with E-state index in [4.69, 9.17) is 0 Å². The Morgan fingerprint density at radius 3 is 2.06 bits per heavy atom. The molecule has 0 saturated carbocycles. The van der Waals surface area contributed by atoms with Crippen LogP contribution in [0.15, 0.2) is 121 Å². The highest BCUT2D eigenvalue weighted by molar-refractivity contribution is 6.14. The molecule has 2 heteroatoms. The molecule has 2 aromatic heterocycles. The fourth-order valence-corrected chi connectivity index (χ4v) is 5.29. The van der Waals surface area contributed by atoms with Crippen LogP contribution in [0.1, 0.15) is 0 Å². The second kappa shape index (κ2) is 7.50. The molecule has 0 saturated heterocycles. The first-order valence-corrected chi connectivity index (χ1v) is 11.6. The van der Waals surface area contributed by atoms with Gasteiger partial charge in [0, 0.05) is 39.2 Å². The topological polar surface area (TPSA) is 31.6 Å². The van der Waals surface area contributed by atoms with E-state index in [2.05, 4.69) is 131 Å². The second-order valence-corrected chi connectivity index (χ2v) is 8.74. The molecule has 0 fully saturated rings. The molecule has 0 aliphatic heterocycles. The standard InChI is InChI=1S/C32H22N2/c1-2-10-22(11-3-1)28-20-33-32(30(28)25-16-8-13-21-12-4-5-14-23(21)25)27-18-9-17-26-24-15-6-7-19-29(24)34-31(26)27/h1-20,33-34H.